The number of aromatic hydroxyl groups is 1. The molecule has 0 saturated heterocycles. The van der Waals surface area contributed by atoms with E-state index in [1.807, 2.05) is 0 Å². The number of nitriles is 1. The second kappa shape index (κ2) is 2.59. The molecule has 0 aromatic heterocycles. The molecular formula is C8H6FNO. The number of nitrogens with zero attached hydrogens (tertiary/aromatic N) is 1. The summed E-state index contributed by atoms with van der Waals surface area (Å²) in [6.45, 7) is 1.57. The van der Waals surface area contributed by atoms with Crippen LogP contribution in [0.2, 0.25) is 0 Å². The molecule has 11 heavy (non-hydrogen) atoms. The van der Waals surface area contributed by atoms with Crippen molar-refractivity contribution in [1.82, 2.24) is 0 Å². The van der Waals surface area contributed by atoms with Gasteiger partial charge in [-0.3, -0.25) is 0 Å². The second-order valence-corrected chi connectivity index (χ2v) is 2.23. The molecule has 0 fully saturated rings. The Labute approximate surface area is 63.5 Å². The lowest BCUT2D eigenvalue weighted by atomic mass is 10.1. The Morgan fingerprint density at radius 3 is 2.73 bits per heavy atom. The van der Waals surface area contributed by atoms with Crippen molar-refractivity contribution in [2.45, 2.75) is 6.92 Å². The first-order chi connectivity index (χ1) is 5.15. The molecule has 1 aromatic rings. The summed E-state index contributed by atoms with van der Waals surface area (Å²) in [6, 6.07) is 3.88. The zero-order chi connectivity index (χ0) is 8.43. The van der Waals surface area contributed by atoms with Gasteiger partial charge in [-0.05, 0) is 18.6 Å². The summed E-state index contributed by atoms with van der Waals surface area (Å²) in [5.74, 6) is -0.647. The fourth-order valence-corrected chi connectivity index (χ4v) is 0.747. The molecule has 0 aliphatic carbocycles. The third-order valence-electron chi connectivity index (χ3n) is 1.41. The molecule has 2 nitrogen and oxygen atoms in total. The van der Waals surface area contributed by atoms with E-state index in [0.717, 1.165) is 12.1 Å². The van der Waals surface area contributed by atoms with Gasteiger partial charge >= 0.3 is 0 Å². The van der Waals surface area contributed by atoms with E-state index in [4.69, 9.17) is 10.4 Å². The predicted octanol–water partition coefficient (Wildman–Crippen LogP) is 1.71. The Morgan fingerprint density at radius 1 is 1.55 bits per heavy atom. The van der Waals surface area contributed by atoms with Crippen molar-refractivity contribution in [3.8, 4) is 11.8 Å². The van der Waals surface area contributed by atoms with Crippen molar-refractivity contribution in [1.29, 1.82) is 5.26 Å². The van der Waals surface area contributed by atoms with Gasteiger partial charge in [0.15, 0.2) is 0 Å². The van der Waals surface area contributed by atoms with E-state index in [9.17, 15) is 4.39 Å². The van der Waals surface area contributed by atoms with E-state index in [0.29, 0.717) is 5.56 Å². The lowest BCUT2D eigenvalue weighted by Crippen LogP contribution is -1.85. The van der Waals surface area contributed by atoms with Gasteiger partial charge in [0, 0.05) is 6.07 Å². The van der Waals surface area contributed by atoms with Crippen LogP contribution >= 0.6 is 0 Å². The van der Waals surface area contributed by atoms with Gasteiger partial charge in [-0.15, -0.1) is 0 Å². The Hall–Kier alpha value is -1.56. The third-order valence-corrected chi connectivity index (χ3v) is 1.41. The highest BCUT2D eigenvalue weighted by Gasteiger charge is 2.04. The number of hydrogen-bond donors (Lipinski definition) is 1. The topological polar surface area (TPSA) is 44.0 Å². The van der Waals surface area contributed by atoms with E-state index in [-0.39, 0.29) is 11.3 Å². The zero-order valence-electron chi connectivity index (χ0n) is 5.93. The summed E-state index contributed by atoms with van der Waals surface area (Å²) in [7, 11) is 0. The molecule has 0 aliphatic heterocycles. The molecule has 56 valence electrons. The van der Waals surface area contributed by atoms with Crippen LogP contribution < -0.4 is 0 Å². The molecule has 0 unspecified atom stereocenters. The van der Waals surface area contributed by atoms with Crippen molar-refractivity contribution in [2.24, 2.45) is 0 Å². The van der Waals surface area contributed by atoms with Crippen molar-refractivity contribution in [3.63, 3.8) is 0 Å². The molecule has 0 saturated carbocycles. The monoisotopic (exact) mass is 151 g/mol. The van der Waals surface area contributed by atoms with Crippen LogP contribution in [0.25, 0.3) is 0 Å². The highest BCUT2D eigenvalue weighted by molar-refractivity contribution is 5.41. The van der Waals surface area contributed by atoms with Gasteiger partial charge in [0.2, 0.25) is 0 Å². The Kier molecular flexibility index (Phi) is 1.77. The number of phenols is 1. The average molecular weight is 151 g/mol. The maximum absolute atomic E-state index is 12.7. The van der Waals surface area contributed by atoms with E-state index < -0.39 is 5.82 Å². The molecule has 1 N–H and O–H groups in total. The Bertz CT molecular complexity index is 328. The summed E-state index contributed by atoms with van der Waals surface area (Å²) in [5.41, 5.74) is 0.301. The number of benzene rings is 1. The van der Waals surface area contributed by atoms with Crippen LogP contribution in [0.15, 0.2) is 12.1 Å². The number of hydrogen-bond acceptors (Lipinski definition) is 2. The minimum Gasteiger partial charge on any atom is -0.508 e. The first-order valence-corrected chi connectivity index (χ1v) is 3.04. The smallest absolute Gasteiger partial charge is 0.141 e. The molecule has 0 bridgehead atoms. The van der Waals surface area contributed by atoms with E-state index in [1.54, 1.807) is 13.0 Å². The second-order valence-electron chi connectivity index (χ2n) is 2.23. The quantitative estimate of drug-likeness (QED) is 0.613. The van der Waals surface area contributed by atoms with Crippen LogP contribution in [-0.2, 0) is 0 Å². The first kappa shape index (κ1) is 7.55. The fourth-order valence-electron chi connectivity index (χ4n) is 0.747. The van der Waals surface area contributed by atoms with Gasteiger partial charge < -0.3 is 5.11 Å². The highest BCUT2D eigenvalue weighted by Crippen LogP contribution is 2.19. The molecule has 0 radical (unpaired) electrons. The standard InChI is InChI=1S/C8H6FNO/c1-5-2-7(9)6(4-10)3-8(5)11/h2-3,11H,1H3. The summed E-state index contributed by atoms with van der Waals surface area (Å²) in [4.78, 5) is 0. The maximum Gasteiger partial charge on any atom is 0.141 e. The summed E-state index contributed by atoms with van der Waals surface area (Å²) in [5, 5.41) is 17.4. The number of aryl methyl sites for hydroxylation is 1. The summed E-state index contributed by atoms with van der Waals surface area (Å²) < 4.78 is 12.7. The van der Waals surface area contributed by atoms with Crippen LogP contribution in [0.3, 0.4) is 0 Å². The molecule has 1 aromatic carbocycles. The predicted molar refractivity (Wildman–Crippen MR) is 37.5 cm³/mol. The van der Waals surface area contributed by atoms with Crippen LogP contribution in [0.1, 0.15) is 11.1 Å². The van der Waals surface area contributed by atoms with Crippen LogP contribution in [0.5, 0.6) is 5.75 Å². The van der Waals surface area contributed by atoms with Gasteiger partial charge in [0.25, 0.3) is 0 Å². The maximum atomic E-state index is 12.7. The van der Waals surface area contributed by atoms with Crippen LogP contribution in [0, 0.1) is 24.1 Å². The Balaban J connectivity index is 3.35. The van der Waals surface area contributed by atoms with Crippen molar-refractivity contribution in [3.05, 3.63) is 29.1 Å². The number of rotatable bonds is 0. The highest BCUT2D eigenvalue weighted by atomic mass is 19.1. The first-order valence-electron chi connectivity index (χ1n) is 3.04. The van der Waals surface area contributed by atoms with Gasteiger partial charge in [-0.25, -0.2) is 4.39 Å². The minimum absolute atomic E-state index is 0.0528. The third kappa shape index (κ3) is 1.30. The number of phenolic OH excluding ortho intramolecular Hbond substituents is 1. The van der Waals surface area contributed by atoms with Crippen LogP contribution in [0.4, 0.5) is 4.39 Å². The van der Waals surface area contributed by atoms with Crippen molar-refractivity contribution in [2.75, 3.05) is 0 Å². The summed E-state index contributed by atoms with van der Waals surface area (Å²) in [6.07, 6.45) is 0. The molecule has 1 rings (SSSR count). The van der Waals surface area contributed by atoms with Crippen molar-refractivity contribution < 1.29 is 9.50 Å². The van der Waals surface area contributed by atoms with Gasteiger partial charge in [0.05, 0.1) is 5.56 Å². The lowest BCUT2D eigenvalue weighted by molar-refractivity contribution is 0.468. The van der Waals surface area contributed by atoms with Crippen molar-refractivity contribution >= 4 is 0 Å². The Morgan fingerprint density at radius 2 is 2.18 bits per heavy atom. The molecule has 0 atom stereocenters. The van der Waals surface area contributed by atoms with Crippen LogP contribution in [-0.4, -0.2) is 5.11 Å². The molecule has 0 spiro atoms. The fraction of sp³-hybridized carbons (Fsp3) is 0.125. The average Bonchev–Trinajstić information content (AvgIpc) is 1.97. The molecule has 0 heterocycles. The normalized spacial score (nSPS) is 9.18. The molecular weight excluding hydrogens is 145 g/mol. The molecule has 0 aliphatic rings. The van der Waals surface area contributed by atoms with E-state index in [2.05, 4.69) is 0 Å². The van der Waals surface area contributed by atoms with Gasteiger partial charge in [-0.2, -0.15) is 5.26 Å². The minimum atomic E-state index is -0.595. The zero-order valence-corrected chi connectivity index (χ0v) is 5.93. The molecule has 3 heteroatoms. The number of halogens is 1. The molecule has 0 amide bonds. The van der Waals surface area contributed by atoms with E-state index >= 15 is 0 Å². The van der Waals surface area contributed by atoms with Gasteiger partial charge in [0.1, 0.15) is 17.6 Å². The van der Waals surface area contributed by atoms with E-state index in [1.165, 1.54) is 0 Å². The lowest BCUT2D eigenvalue weighted by Gasteiger charge is -1.98. The van der Waals surface area contributed by atoms with Gasteiger partial charge in [-0.1, -0.05) is 0 Å². The SMILES string of the molecule is Cc1cc(F)c(C#N)cc1O. The summed E-state index contributed by atoms with van der Waals surface area (Å²) >= 11 is 0. The largest absolute Gasteiger partial charge is 0.508 e.